The van der Waals surface area contributed by atoms with Crippen LogP contribution in [0, 0.1) is 5.82 Å². The Bertz CT molecular complexity index is 1120. The standard InChI is InChI=1S/C29H33FN2O2/c1-3-34-28(33)17-15-23-14-16-26(19-27(23)30)31(2)21-25-12-7-11-24-13-8-18-32(29(24)25)20-22-9-5-4-6-10-22/h4-7,9-12,14,16,19H,3,8,13,15,17-18,20-21H2,1-2H3. The number of hydrogen-bond acceptors (Lipinski definition) is 4. The molecular formula is C29H33FN2O2. The van der Waals surface area contributed by atoms with Crippen molar-refractivity contribution in [2.24, 2.45) is 0 Å². The maximum absolute atomic E-state index is 14.8. The number of aryl methyl sites for hydroxylation is 2. The van der Waals surface area contributed by atoms with E-state index in [-0.39, 0.29) is 18.2 Å². The van der Waals surface area contributed by atoms with Crippen molar-refractivity contribution >= 4 is 17.3 Å². The molecular weight excluding hydrogens is 427 g/mol. The molecule has 178 valence electrons. The number of para-hydroxylation sites is 1. The summed E-state index contributed by atoms with van der Waals surface area (Å²) in [4.78, 5) is 16.2. The van der Waals surface area contributed by atoms with Crippen LogP contribution in [0.15, 0.2) is 66.7 Å². The zero-order valence-corrected chi connectivity index (χ0v) is 20.1. The van der Waals surface area contributed by atoms with Crippen LogP contribution >= 0.6 is 0 Å². The number of anilines is 2. The maximum Gasteiger partial charge on any atom is 0.306 e. The number of nitrogens with zero attached hydrogens (tertiary/aromatic N) is 2. The molecule has 1 aliphatic heterocycles. The van der Waals surface area contributed by atoms with E-state index in [1.165, 1.54) is 22.4 Å². The van der Waals surface area contributed by atoms with Crippen molar-refractivity contribution < 1.29 is 13.9 Å². The molecule has 0 bridgehead atoms. The van der Waals surface area contributed by atoms with E-state index in [4.69, 9.17) is 4.74 Å². The molecule has 3 aromatic rings. The highest BCUT2D eigenvalue weighted by atomic mass is 19.1. The summed E-state index contributed by atoms with van der Waals surface area (Å²) in [6, 6.07) is 22.4. The second-order valence-corrected chi connectivity index (χ2v) is 8.87. The first-order valence-electron chi connectivity index (χ1n) is 12.1. The Hall–Kier alpha value is -3.34. The number of halogens is 1. The molecule has 1 aliphatic rings. The maximum atomic E-state index is 14.8. The van der Waals surface area contributed by atoms with E-state index in [9.17, 15) is 9.18 Å². The molecule has 34 heavy (non-hydrogen) atoms. The van der Waals surface area contributed by atoms with Crippen molar-refractivity contribution in [1.29, 1.82) is 0 Å². The SMILES string of the molecule is CCOC(=O)CCc1ccc(N(C)Cc2cccc3c2N(Cc2ccccc2)CCC3)cc1F. The van der Waals surface area contributed by atoms with Gasteiger partial charge in [0.15, 0.2) is 0 Å². The van der Waals surface area contributed by atoms with Gasteiger partial charge in [0.25, 0.3) is 0 Å². The van der Waals surface area contributed by atoms with E-state index >= 15 is 0 Å². The fourth-order valence-corrected chi connectivity index (χ4v) is 4.71. The molecule has 0 radical (unpaired) electrons. The second kappa shape index (κ2) is 11.2. The van der Waals surface area contributed by atoms with Crippen molar-refractivity contribution in [3.8, 4) is 0 Å². The lowest BCUT2D eigenvalue weighted by Crippen LogP contribution is -2.31. The minimum Gasteiger partial charge on any atom is -0.466 e. The summed E-state index contributed by atoms with van der Waals surface area (Å²) >= 11 is 0. The molecule has 4 rings (SSSR count). The average Bonchev–Trinajstić information content (AvgIpc) is 2.84. The van der Waals surface area contributed by atoms with Gasteiger partial charge in [-0.3, -0.25) is 4.79 Å². The first kappa shape index (κ1) is 23.8. The zero-order valence-electron chi connectivity index (χ0n) is 20.1. The molecule has 0 fully saturated rings. The van der Waals surface area contributed by atoms with E-state index in [0.29, 0.717) is 25.1 Å². The van der Waals surface area contributed by atoms with Crippen LogP contribution in [0.3, 0.4) is 0 Å². The van der Waals surface area contributed by atoms with Gasteiger partial charge >= 0.3 is 5.97 Å². The number of ether oxygens (including phenoxy) is 1. The quantitative estimate of drug-likeness (QED) is 0.372. The fourth-order valence-electron chi connectivity index (χ4n) is 4.71. The predicted molar refractivity (Wildman–Crippen MR) is 136 cm³/mol. The van der Waals surface area contributed by atoms with Crippen molar-refractivity contribution in [1.82, 2.24) is 0 Å². The third-order valence-corrected chi connectivity index (χ3v) is 6.40. The van der Waals surface area contributed by atoms with E-state index < -0.39 is 0 Å². The average molecular weight is 461 g/mol. The van der Waals surface area contributed by atoms with E-state index in [1.807, 2.05) is 13.1 Å². The Morgan fingerprint density at radius 1 is 1.06 bits per heavy atom. The summed E-state index contributed by atoms with van der Waals surface area (Å²) in [6.45, 7) is 4.73. The highest BCUT2D eigenvalue weighted by Gasteiger charge is 2.21. The van der Waals surface area contributed by atoms with Crippen LogP contribution in [-0.2, 0) is 35.5 Å². The van der Waals surface area contributed by atoms with Gasteiger partial charge in [-0.2, -0.15) is 0 Å². The molecule has 0 aliphatic carbocycles. The van der Waals surface area contributed by atoms with Crippen molar-refractivity contribution in [2.45, 2.75) is 45.7 Å². The van der Waals surface area contributed by atoms with Gasteiger partial charge in [0.1, 0.15) is 5.82 Å². The van der Waals surface area contributed by atoms with Crippen molar-refractivity contribution in [2.75, 3.05) is 30.0 Å². The largest absolute Gasteiger partial charge is 0.466 e. The smallest absolute Gasteiger partial charge is 0.306 e. The Morgan fingerprint density at radius 2 is 1.88 bits per heavy atom. The number of hydrogen-bond donors (Lipinski definition) is 0. The second-order valence-electron chi connectivity index (χ2n) is 8.87. The Morgan fingerprint density at radius 3 is 2.65 bits per heavy atom. The Kier molecular flexibility index (Phi) is 7.84. The van der Waals surface area contributed by atoms with Gasteiger partial charge in [0, 0.05) is 44.5 Å². The van der Waals surface area contributed by atoms with Gasteiger partial charge in [0.2, 0.25) is 0 Å². The summed E-state index contributed by atoms with van der Waals surface area (Å²) in [6.07, 6.45) is 2.77. The minimum absolute atomic E-state index is 0.188. The number of carbonyl (C=O) groups excluding carboxylic acids is 1. The third-order valence-electron chi connectivity index (χ3n) is 6.40. The predicted octanol–water partition coefficient (Wildman–Crippen LogP) is 5.91. The van der Waals surface area contributed by atoms with Gasteiger partial charge in [-0.25, -0.2) is 4.39 Å². The third kappa shape index (κ3) is 5.77. The molecule has 0 unspecified atom stereocenters. The summed E-state index contributed by atoms with van der Waals surface area (Å²) < 4.78 is 19.7. The van der Waals surface area contributed by atoms with Crippen LogP contribution < -0.4 is 9.80 Å². The molecule has 0 saturated heterocycles. The molecule has 0 N–H and O–H groups in total. The normalized spacial score (nSPS) is 12.9. The minimum atomic E-state index is -0.294. The molecule has 0 saturated carbocycles. The molecule has 4 nitrogen and oxygen atoms in total. The van der Waals surface area contributed by atoms with Crippen LogP contribution in [0.25, 0.3) is 0 Å². The van der Waals surface area contributed by atoms with Crippen LogP contribution in [0.5, 0.6) is 0 Å². The summed E-state index contributed by atoms with van der Waals surface area (Å²) in [5.74, 6) is -0.577. The monoisotopic (exact) mass is 460 g/mol. The summed E-state index contributed by atoms with van der Waals surface area (Å²) in [5, 5.41) is 0. The van der Waals surface area contributed by atoms with Gasteiger partial charge in [-0.05, 0) is 60.6 Å². The van der Waals surface area contributed by atoms with Crippen LogP contribution in [0.1, 0.15) is 42.0 Å². The summed E-state index contributed by atoms with van der Waals surface area (Å²) in [5.41, 5.74) is 6.61. The number of fused-ring (bicyclic) bond motifs is 1. The van der Waals surface area contributed by atoms with Gasteiger partial charge in [-0.1, -0.05) is 54.6 Å². The van der Waals surface area contributed by atoms with Gasteiger partial charge in [0.05, 0.1) is 6.61 Å². The highest BCUT2D eigenvalue weighted by Crippen LogP contribution is 2.33. The molecule has 1 heterocycles. The fraction of sp³-hybridized carbons (Fsp3) is 0.345. The number of esters is 1. The molecule has 5 heteroatoms. The lowest BCUT2D eigenvalue weighted by atomic mass is 9.96. The first-order chi connectivity index (χ1) is 16.5. The van der Waals surface area contributed by atoms with Crippen LogP contribution in [-0.4, -0.2) is 26.2 Å². The number of benzene rings is 3. The van der Waals surface area contributed by atoms with E-state index in [0.717, 1.165) is 31.6 Å². The molecule has 0 spiro atoms. The van der Waals surface area contributed by atoms with Crippen molar-refractivity contribution in [3.63, 3.8) is 0 Å². The molecule has 0 aromatic heterocycles. The first-order valence-corrected chi connectivity index (χ1v) is 12.1. The Labute approximate surface area is 202 Å². The summed E-state index contributed by atoms with van der Waals surface area (Å²) in [7, 11) is 2.00. The molecule has 0 amide bonds. The lowest BCUT2D eigenvalue weighted by molar-refractivity contribution is -0.143. The van der Waals surface area contributed by atoms with Crippen molar-refractivity contribution in [3.05, 3.63) is 94.8 Å². The number of carbonyl (C=O) groups is 1. The lowest BCUT2D eigenvalue weighted by Gasteiger charge is -2.34. The molecule has 0 atom stereocenters. The zero-order chi connectivity index (χ0) is 23.9. The Balaban J connectivity index is 1.50. The number of rotatable bonds is 9. The van der Waals surface area contributed by atoms with E-state index in [1.54, 1.807) is 19.1 Å². The topological polar surface area (TPSA) is 32.8 Å². The van der Waals surface area contributed by atoms with Crippen LogP contribution in [0.4, 0.5) is 15.8 Å². The van der Waals surface area contributed by atoms with Gasteiger partial charge in [-0.15, -0.1) is 0 Å². The van der Waals surface area contributed by atoms with Gasteiger partial charge < -0.3 is 14.5 Å². The van der Waals surface area contributed by atoms with Crippen LogP contribution in [0.2, 0.25) is 0 Å². The van der Waals surface area contributed by atoms with E-state index in [2.05, 4.69) is 58.3 Å². The highest BCUT2D eigenvalue weighted by molar-refractivity contribution is 5.69. The molecule has 3 aromatic carbocycles.